The van der Waals surface area contributed by atoms with E-state index in [2.05, 4.69) is 37.9 Å². The second-order valence-corrected chi connectivity index (χ2v) is 5.46. The molecule has 1 fully saturated rings. The number of nitrogens with zero attached hydrogens (tertiary/aromatic N) is 6. The molecule has 1 atom stereocenters. The predicted molar refractivity (Wildman–Crippen MR) is 83.1 cm³/mol. The number of hydrogen-bond acceptors (Lipinski definition) is 6. The third-order valence-electron chi connectivity index (χ3n) is 4.00. The SMILES string of the molecule is CN(Cc1ncccn1)[C@@H]1CCN(c2ncccc2C#N)C1. The van der Waals surface area contributed by atoms with Gasteiger partial charge in [0, 0.05) is 37.7 Å². The molecule has 0 radical (unpaired) electrons. The van der Waals surface area contributed by atoms with Crippen molar-refractivity contribution in [2.45, 2.75) is 19.0 Å². The number of pyridine rings is 1. The summed E-state index contributed by atoms with van der Waals surface area (Å²) in [7, 11) is 2.09. The Labute approximate surface area is 130 Å². The average Bonchev–Trinajstić information content (AvgIpc) is 3.05. The number of rotatable bonds is 4. The fourth-order valence-electron chi connectivity index (χ4n) is 2.79. The molecule has 1 aliphatic rings. The third-order valence-corrected chi connectivity index (χ3v) is 4.00. The highest BCUT2D eigenvalue weighted by Gasteiger charge is 2.28. The summed E-state index contributed by atoms with van der Waals surface area (Å²) in [5.74, 6) is 1.62. The summed E-state index contributed by atoms with van der Waals surface area (Å²) in [6, 6.07) is 8.07. The van der Waals surface area contributed by atoms with E-state index in [1.165, 1.54) is 0 Å². The lowest BCUT2D eigenvalue weighted by atomic mass is 10.2. The second kappa shape index (κ2) is 6.50. The van der Waals surface area contributed by atoms with Gasteiger partial charge in [-0.1, -0.05) is 0 Å². The largest absolute Gasteiger partial charge is 0.354 e. The predicted octanol–water partition coefficient (Wildman–Crippen LogP) is 1.45. The quantitative estimate of drug-likeness (QED) is 0.850. The lowest BCUT2D eigenvalue weighted by Crippen LogP contribution is -2.35. The van der Waals surface area contributed by atoms with Crippen molar-refractivity contribution in [2.24, 2.45) is 0 Å². The van der Waals surface area contributed by atoms with Gasteiger partial charge in [-0.25, -0.2) is 15.0 Å². The molecule has 3 rings (SSSR count). The lowest BCUT2D eigenvalue weighted by molar-refractivity contribution is 0.244. The molecule has 6 heteroatoms. The van der Waals surface area contributed by atoms with E-state index in [1.54, 1.807) is 24.7 Å². The van der Waals surface area contributed by atoms with Crippen LogP contribution in [0.4, 0.5) is 5.82 Å². The Morgan fingerprint density at radius 3 is 2.82 bits per heavy atom. The molecule has 2 aromatic heterocycles. The topological polar surface area (TPSA) is 68.9 Å². The number of anilines is 1. The standard InChI is InChI=1S/C16H18N6/c1-21(12-15-18-7-3-8-19-15)14-5-9-22(11-14)16-13(10-17)4-2-6-20-16/h2-4,6-8,14H,5,9,11-12H2,1H3/t14-/m1/s1. The fraction of sp³-hybridized carbons (Fsp3) is 0.375. The maximum absolute atomic E-state index is 9.21. The molecule has 0 saturated carbocycles. The van der Waals surface area contributed by atoms with Gasteiger partial charge in [-0.05, 0) is 31.7 Å². The number of likely N-dealkylation sites (N-methyl/N-ethyl adjacent to an activating group) is 1. The Hall–Kier alpha value is -2.52. The molecule has 0 N–H and O–H groups in total. The maximum atomic E-state index is 9.21. The molecular formula is C16H18N6. The molecule has 22 heavy (non-hydrogen) atoms. The van der Waals surface area contributed by atoms with Crippen molar-refractivity contribution in [3.63, 3.8) is 0 Å². The summed E-state index contributed by atoms with van der Waals surface area (Å²) in [4.78, 5) is 17.4. The molecule has 112 valence electrons. The van der Waals surface area contributed by atoms with Crippen LogP contribution in [0.5, 0.6) is 0 Å². The van der Waals surface area contributed by atoms with Crippen LogP contribution in [0.15, 0.2) is 36.8 Å². The van der Waals surface area contributed by atoms with E-state index < -0.39 is 0 Å². The molecule has 0 aliphatic carbocycles. The smallest absolute Gasteiger partial charge is 0.146 e. The molecule has 2 aromatic rings. The minimum absolute atomic E-state index is 0.414. The Morgan fingerprint density at radius 2 is 2.05 bits per heavy atom. The molecule has 0 aromatic carbocycles. The zero-order chi connectivity index (χ0) is 15.4. The van der Waals surface area contributed by atoms with Gasteiger partial charge in [-0.3, -0.25) is 4.90 Å². The summed E-state index contributed by atoms with van der Waals surface area (Å²) in [6.07, 6.45) is 6.32. The van der Waals surface area contributed by atoms with Crippen LogP contribution < -0.4 is 4.90 Å². The first-order valence-corrected chi connectivity index (χ1v) is 7.34. The highest BCUT2D eigenvalue weighted by atomic mass is 15.3. The number of nitriles is 1. The second-order valence-electron chi connectivity index (χ2n) is 5.46. The molecular weight excluding hydrogens is 276 g/mol. The van der Waals surface area contributed by atoms with Crippen molar-refractivity contribution >= 4 is 5.82 Å². The normalized spacial score (nSPS) is 17.7. The summed E-state index contributed by atoms with van der Waals surface area (Å²) < 4.78 is 0. The summed E-state index contributed by atoms with van der Waals surface area (Å²) in [5, 5.41) is 9.21. The monoisotopic (exact) mass is 294 g/mol. The van der Waals surface area contributed by atoms with E-state index in [1.807, 2.05) is 12.1 Å². The van der Waals surface area contributed by atoms with Gasteiger partial charge in [0.25, 0.3) is 0 Å². The van der Waals surface area contributed by atoms with Crippen LogP contribution >= 0.6 is 0 Å². The number of aromatic nitrogens is 3. The van der Waals surface area contributed by atoms with Crippen molar-refractivity contribution in [1.82, 2.24) is 19.9 Å². The molecule has 0 spiro atoms. The van der Waals surface area contributed by atoms with Crippen molar-refractivity contribution in [1.29, 1.82) is 5.26 Å². The third kappa shape index (κ3) is 3.05. The van der Waals surface area contributed by atoms with E-state index >= 15 is 0 Å². The molecule has 1 aliphatic heterocycles. The minimum atomic E-state index is 0.414. The van der Waals surface area contributed by atoms with Crippen LogP contribution in [0.25, 0.3) is 0 Å². The fourth-order valence-corrected chi connectivity index (χ4v) is 2.79. The molecule has 1 saturated heterocycles. The van der Waals surface area contributed by atoms with Crippen molar-refractivity contribution in [3.8, 4) is 6.07 Å². The summed E-state index contributed by atoms with van der Waals surface area (Å²) >= 11 is 0. The first kappa shape index (κ1) is 14.4. The first-order valence-electron chi connectivity index (χ1n) is 7.34. The summed E-state index contributed by atoms with van der Waals surface area (Å²) in [6.45, 7) is 2.51. The Balaban J connectivity index is 1.66. The van der Waals surface area contributed by atoms with Gasteiger partial charge in [0.2, 0.25) is 0 Å². The van der Waals surface area contributed by atoms with E-state index in [4.69, 9.17) is 0 Å². The summed E-state index contributed by atoms with van der Waals surface area (Å²) in [5.41, 5.74) is 0.636. The van der Waals surface area contributed by atoms with Gasteiger partial charge >= 0.3 is 0 Å². The van der Waals surface area contributed by atoms with Crippen LogP contribution in [-0.4, -0.2) is 46.0 Å². The maximum Gasteiger partial charge on any atom is 0.146 e. The van der Waals surface area contributed by atoms with Gasteiger partial charge < -0.3 is 4.90 Å². The minimum Gasteiger partial charge on any atom is -0.354 e. The van der Waals surface area contributed by atoms with E-state index in [0.29, 0.717) is 11.6 Å². The molecule has 0 amide bonds. The van der Waals surface area contributed by atoms with Crippen LogP contribution in [-0.2, 0) is 6.54 Å². The van der Waals surface area contributed by atoms with Gasteiger partial charge in [0.15, 0.2) is 0 Å². The molecule has 0 unspecified atom stereocenters. The van der Waals surface area contributed by atoms with E-state index in [9.17, 15) is 5.26 Å². The zero-order valence-electron chi connectivity index (χ0n) is 12.6. The van der Waals surface area contributed by atoms with E-state index in [0.717, 1.165) is 37.7 Å². The molecule has 0 bridgehead atoms. The Morgan fingerprint density at radius 1 is 1.27 bits per heavy atom. The van der Waals surface area contributed by atoms with Crippen molar-refractivity contribution < 1.29 is 0 Å². The molecule has 3 heterocycles. The van der Waals surface area contributed by atoms with Crippen LogP contribution in [0.1, 0.15) is 17.8 Å². The highest BCUT2D eigenvalue weighted by molar-refractivity contribution is 5.54. The van der Waals surface area contributed by atoms with E-state index in [-0.39, 0.29) is 0 Å². The van der Waals surface area contributed by atoms with Gasteiger partial charge in [0.05, 0.1) is 12.1 Å². The van der Waals surface area contributed by atoms with Crippen LogP contribution in [0.2, 0.25) is 0 Å². The number of hydrogen-bond donors (Lipinski definition) is 0. The zero-order valence-corrected chi connectivity index (χ0v) is 12.6. The highest BCUT2D eigenvalue weighted by Crippen LogP contribution is 2.23. The van der Waals surface area contributed by atoms with Gasteiger partial charge in [0.1, 0.15) is 17.7 Å². The Bertz CT molecular complexity index is 666. The van der Waals surface area contributed by atoms with Crippen molar-refractivity contribution in [2.75, 3.05) is 25.0 Å². The Kier molecular flexibility index (Phi) is 4.26. The van der Waals surface area contributed by atoms with Gasteiger partial charge in [-0.2, -0.15) is 5.26 Å². The van der Waals surface area contributed by atoms with Crippen LogP contribution in [0, 0.1) is 11.3 Å². The molecule has 6 nitrogen and oxygen atoms in total. The lowest BCUT2D eigenvalue weighted by Gasteiger charge is -2.24. The van der Waals surface area contributed by atoms with Gasteiger partial charge in [-0.15, -0.1) is 0 Å². The first-order chi connectivity index (χ1) is 10.8. The van der Waals surface area contributed by atoms with Crippen molar-refractivity contribution in [3.05, 3.63) is 48.2 Å². The van der Waals surface area contributed by atoms with Crippen LogP contribution in [0.3, 0.4) is 0 Å². The average molecular weight is 294 g/mol.